The van der Waals surface area contributed by atoms with Crippen molar-refractivity contribution in [2.45, 2.75) is 31.8 Å². The van der Waals surface area contributed by atoms with Crippen molar-refractivity contribution in [3.63, 3.8) is 0 Å². The summed E-state index contributed by atoms with van der Waals surface area (Å²) < 4.78 is 59.4. The van der Waals surface area contributed by atoms with Crippen LogP contribution < -0.4 is 15.8 Å². The zero-order valence-corrected chi connectivity index (χ0v) is 17.3. The number of alkyl halides is 3. The molecule has 11 nitrogen and oxygen atoms in total. The number of aromatic amines is 1. The smallest absolute Gasteiger partial charge is 0.378 e. The Labute approximate surface area is 183 Å². The number of anilines is 2. The minimum atomic E-state index is -4.82. The van der Waals surface area contributed by atoms with Crippen LogP contribution in [-0.4, -0.2) is 60.9 Å². The van der Waals surface area contributed by atoms with Crippen LogP contribution in [0, 0.1) is 5.82 Å². The molecule has 4 rings (SSSR count). The Hall–Kier alpha value is -3.62. The monoisotopic (exact) mass is 469 g/mol. The Morgan fingerprint density at radius 1 is 1.27 bits per heavy atom. The lowest BCUT2D eigenvalue weighted by Gasteiger charge is -2.38. The predicted molar refractivity (Wildman–Crippen MR) is 106 cm³/mol. The molecule has 15 heteroatoms. The molecule has 1 unspecified atom stereocenters. The highest BCUT2D eigenvalue weighted by molar-refractivity contribution is 5.50. The van der Waals surface area contributed by atoms with Crippen molar-refractivity contribution in [2.24, 2.45) is 0 Å². The average Bonchev–Trinajstić information content (AvgIpc) is 3.15. The fraction of sp³-hybridized carbons (Fsp3) is 0.444. The van der Waals surface area contributed by atoms with Crippen LogP contribution in [0.2, 0.25) is 0 Å². The maximum Gasteiger partial charge on any atom is 0.423 e. The van der Waals surface area contributed by atoms with E-state index in [4.69, 9.17) is 4.74 Å². The molecule has 3 aromatic rings. The van der Waals surface area contributed by atoms with E-state index >= 15 is 0 Å². The van der Waals surface area contributed by atoms with Crippen molar-refractivity contribution in [3.05, 3.63) is 52.2 Å². The molecule has 1 atom stereocenters. The highest BCUT2D eigenvalue weighted by Crippen LogP contribution is 2.31. The molecule has 1 saturated heterocycles. The number of rotatable bonds is 8. The summed E-state index contributed by atoms with van der Waals surface area (Å²) in [6, 6.07) is -0.495. The second-order valence-electron chi connectivity index (χ2n) is 7.50. The van der Waals surface area contributed by atoms with Gasteiger partial charge < -0.3 is 15.0 Å². The quantitative estimate of drug-likeness (QED) is 0.471. The molecule has 1 aliphatic rings. The van der Waals surface area contributed by atoms with Crippen LogP contribution in [0.5, 0.6) is 0 Å². The normalized spacial score (nSPS) is 15.4. The minimum Gasteiger partial charge on any atom is -0.378 e. The predicted octanol–water partition coefficient (Wildman–Crippen LogP) is 1.39. The Morgan fingerprint density at radius 2 is 2.00 bits per heavy atom. The summed E-state index contributed by atoms with van der Waals surface area (Å²) in [5.41, 5.74) is -2.54. The topological polar surface area (TPSA) is 127 Å². The van der Waals surface area contributed by atoms with Gasteiger partial charge in [-0.1, -0.05) is 5.21 Å². The number of hydrogen-bond acceptors (Lipinski definition) is 9. The molecule has 0 amide bonds. The lowest BCUT2D eigenvalue weighted by atomic mass is 10.1. The zero-order valence-electron chi connectivity index (χ0n) is 17.3. The Bertz CT molecular complexity index is 1140. The maximum absolute atomic E-state index is 13.1. The van der Waals surface area contributed by atoms with Crippen molar-refractivity contribution < 1.29 is 22.3 Å². The summed E-state index contributed by atoms with van der Waals surface area (Å²) in [5.74, 6) is -0.0711. The Morgan fingerprint density at radius 3 is 2.70 bits per heavy atom. The van der Waals surface area contributed by atoms with Gasteiger partial charge in [0.1, 0.15) is 11.3 Å². The van der Waals surface area contributed by atoms with Gasteiger partial charge in [-0.15, -0.1) is 5.10 Å². The summed E-state index contributed by atoms with van der Waals surface area (Å²) in [4.78, 5) is 21.2. The maximum atomic E-state index is 13.1. The first-order chi connectivity index (χ1) is 15.7. The van der Waals surface area contributed by atoms with Crippen LogP contribution in [0.4, 0.5) is 29.2 Å². The van der Waals surface area contributed by atoms with Gasteiger partial charge in [0.15, 0.2) is 5.82 Å². The molecular weight excluding hydrogens is 450 g/mol. The first-order valence-electron chi connectivity index (χ1n) is 9.83. The van der Waals surface area contributed by atoms with Gasteiger partial charge in [-0.25, -0.2) is 24.1 Å². The number of nitrogens with one attached hydrogen (secondary N) is 2. The minimum absolute atomic E-state index is 0.0463. The fourth-order valence-electron chi connectivity index (χ4n) is 3.25. The van der Waals surface area contributed by atoms with E-state index < -0.39 is 34.8 Å². The number of aromatic nitrogens is 7. The summed E-state index contributed by atoms with van der Waals surface area (Å²) in [6.45, 7) is 2.93. The van der Waals surface area contributed by atoms with Crippen molar-refractivity contribution in [1.29, 1.82) is 0 Å². The molecule has 0 saturated carbocycles. The number of hydrogen-bond donors (Lipinski definition) is 2. The third-order valence-electron chi connectivity index (χ3n) is 4.84. The van der Waals surface area contributed by atoms with E-state index in [0.29, 0.717) is 24.7 Å². The van der Waals surface area contributed by atoms with Crippen molar-refractivity contribution in [3.8, 4) is 0 Å². The summed E-state index contributed by atoms with van der Waals surface area (Å²) in [6.07, 6.45) is 0.0104. The zero-order chi connectivity index (χ0) is 23.6. The van der Waals surface area contributed by atoms with Crippen LogP contribution in [0.1, 0.15) is 24.2 Å². The molecule has 0 radical (unpaired) electrons. The standard InChI is InChI=1S/C18H19F4N9O2/c1-10(26-14-4-25-28-16(32)15(14)18(20,21)22)8-33-9-12-5-31(29-27-12)13-6-30(7-13)17-23-2-11(19)3-24-17/h2-5,10,13H,6-9H2,1H3,(H2,26,28,32). The highest BCUT2D eigenvalue weighted by Gasteiger charge is 2.37. The van der Waals surface area contributed by atoms with Gasteiger partial charge in [0.05, 0.1) is 49.7 Å². The van der Waals surface area contributed by atoms with E-state index in [9.17, 15) is 22.4 Å². The summed E-state index contributed by atoms with van der Waals surface area (Å²) in [7, 11) is 0. The van der Waals surface area contributed by atoms with Crippen LogP contribution in [0.3, 0.4) is 0 Å². The van der Waals surface area contributed by atoms with Crippen LogP contribution in [0.25, 0.3) is 0 Å². The van der Waals surface area contributed by atoms with Gasteiger partial charge in [0.25, 0.3) is 5.56 Å². The van der Waals surface area contributed by atoms with Gasteiger partial charge in [-0.05, 0) is 6.92 Å². The first-order valence-corrected chi connectivity index (χ1v) is 9.83. The summed E-state index contributed by atoms with van der Waals surface area (Å²) >= 11 is 0. The summed E-state index contributed by atoms with van der Waals surface area (Å²) in [5, 5.41) is 15.9. The molecular formula is C18H19F4N9O2. The largest absolute Gasteiger partial charge is 0.423 e. The molecule has 3 aromatic heterocycles. The fourth-order valence-corrected chi connectivity index (χ4v) is 3.25. The van der Waals surface area contributed by atoms with Gasteiger partial charge in [-0.3, -0.25) is 4.79 Å². The van der Waals surface area contributed by atoms with Crippen LogP contribution in [0.15, 0.2) is 29.6 Å². The molecule has 0 spiro atoms. The second kappa shape index (κ2) is 9.09. The highest BCUT2D eigenvalue weighted by atomic mass is 19.4. The lowest BCUT2D eigenvalue weighted by molar-refractivity contribution is -0.138. The van der Waals surface area contributed by atoms with Gasteiger partial charge >= 0.3 is 6.18 Å². The van der Waals surface area contributed by atoms with E-state index in [-0.39, 0.29) is 19.3 Å². The molecule has 0 bridgehead atoms. The molecule has 0 aliphatic carbocycles. The van der Waals surface area contributed by atoms with E-state index in [1.165, 1.54) is 0 Å². The molecule has 33 heavy (non-hydrogen) atoms. The third-order valence-corrected chi connectivity index (χ3v) is 4.84. The molecule has 2 N–H and O–H groups in total. The van der Waals surface area contributed by atoms with Gasteiger partial charge in [-0.2, -0.15) is 18.3 Å². The second-order valence-corrected chi connectivity index (χ2v) is 7.50. The Balaban J connectivity index is 1.25. The van der Waals surface area contributed by atoms with Crippen molar-refractivity contribution in [2.75, 3.05) is 29.9 Å². The van der Waals surface area contributed by atoms with Crippen LogP contribution >= 0.6 is 0 Å². The van der Waals surface area contributed by atoms with Gasteiger partial charge in [0.2, 0.25) is 5.95 Å². The number of ether oxygens (including phenoxy) is 1. The average molecular weight is 469 g/mol. The van der Waals surface area contributed by atoms with Crippen LogP contribution in [-0.2, 0) is 17.5 Å². The van der Waals surface area contributed by atoms with Gasteiger partial charge in [0, 0.05) is 19.1 Å². The van der Waals surface area contributed by atoms with E-state index in [1.54, 1.807) is 22.9 Å². The number of nitrogens with zero attached hydrogens (tertiary/aromatic N) is 7. The third kappa shape index (κ3) is 5.24. The van der Waals surface area contributed by atoms with E-state index in [2.05, 4.69) is 30.7 Å². The van der Waals surface area contributed by atoms with E-state index in [1.807, 2.05) is 4.90 Å². The van der Waals surface area contributed by atoms with Crippen molar-refractivity contribution >= 4 is 11.6 Å². The SMILES string of the molecule is CC(COCc1cn(C2CN(c3ncc(F)cn3)C2)nn1)Nc1cn[nH]c(=O)c1C(F)(F)F. The molecule has 1 fully saturated rings. The molecule has 0 aromatic carbocycles. The number of H-pyrrole nitrogens is 1. The van der Waals surface area contributed by atoms with Crippen molar-refractivity contribution in [1.82, 2.24) is 35.2 Å². The molecule has 1 aliphatic heterocycles. The first kappa shape index (κ1) is 22.6. The van der Waals surface area contributed by atoms with E-state index in [0.717, 1.165) is 18.6 Å². The molecule has 4 heterocycles. The Kier molecular flexibility index (Phi) is 6.22. The molecule has 176 valence electrons. The number of halogens is 4. The lowest BCUT2D eigenvalue weighted by Crippen LogP contribution is -2.48.